The van der Waals surface area contributed by atoms with Crippen molar-refractivity contribution in [1.29, 1.82) is 0 Å². The summed E-state index contributed by atoms with van der Waals surface area (Å²) in [4.78, 5) is 21.5. The molecule has 0 bridgehead atoms. The van der Waals surface area contributed by atoms with E-state index in [1.807, 2.05) is 4.68 Å². The smallest absolute Gasteiger partial charge is 0.234 e. The zero-order chi connectivity index (χ0) is 17.1. The van der Waals surface area contributed by atoms with Crippen molar-refractivity contribution in [3.63, 3.8) is 0 Å². The minimum atomic E-state index is 0.190. The molecular formula is C18H30N6O. The van der Waals surface area contributed by atoms with E-state index in [1.165, 1.54) is 25.7 Å². The molecular weight excluding hydrogens is 316 g/mol. The quantitative estimate of drug-likeness (QED) is 0.828. The summed E-state index contributed by atoms with van der Waals surface area (Å²) in [5.74, 6) is 0.190. The van der Waals surface area contributed by atoms with Gasteiger partial charge in [0, 0.05) is 31.2 Å². The molecule has 1 aromatic rings. The number of carbonyl (C=O) groups excluding carboxylic acids is 1. The van der Waals surface area contributed by atoms with E-state index in [4.69, 9.17) is 0 Å². The van der Waals surface area contributed by atoms with Crippen LogP contribution in [0.4, 0.5) is 0 Å². The highest BCUT2D eigenvalue weighted by Crippen LogP contribution is 2.29. The van der Waals surface area contributed by atoms with Gasteiger partial charge in [-0.15, -0.1) is 0 Å². The van der Waals surface area contributed by atoms with Crippen molar-refractivity contribution >= 4 is 5.91 Å². The van der Waals surface area contributed by atoms with Crippen molar-refractivity contribution in [3.05, 3.63) is 12.7 Å². The molecule has 7 heteroatoms. The molecule has 0 aromatic carbocycles. The van der Waals surface area contributed by atoms with Crippen molar-refractivity contribution in [3.8, 4) is 0 Å². The molecule has 25 heavy (non-hydrogen) atoms. The zero-order valence-electron chi connectivity index (χ0n) is 15.0. The van der Waals surface area contributed by atoms with Crippen LogP contribution in [0.1, 0.15) is 44.9 Å². The predicted octanol–water partition coefficient (Wildman–Crippen LogP) is 0.876. The number of rotatable bonds is 6. The Morgan fingerprint density at radius 3 is 2.64 bits per heavy atom. The van der Waals surface area contributed by atoms with Crippen LogP contribution in [-0.4, -0.2) is 74.8 Å². The van der Waals surface area contributed by atoms with Gasteiger partial charge in [-0.25, -0.2) is 4.98 Å². The average molecular weight is 346 g/mol. The van der Waals surface area contributed by atoms with Crippen molar-refractivity contribution in [2.75, 3.05) is 26.2 Å². The minimum Gasteiger partial charge on any atom is -0.352 e. The maximum Gasteiger partial charge on any atom is 0.234 e. The van der Waals surface area contributed by atoms with Gasteiger partial charge in [-0.2, -0.15) is 5.10 Å². The molecule has 4 rings (SSSR count). The number of piperidine rings is 2. The summed E-state index contributed by atoms with van der Waals surface area (Å²) in [5, 5.41) is 7.50. The van der Waals surface area contributed by atoms with E-state index >= 15 is 0 Å². The van der Waals surface area contributed by atoms with Crippen LogP contribution in [0.2, 0.25) is 0 Å². The first kappa shape index (κ1) is 17.0. The summed E-state index contributed by atoms with van der Waals surface area (Å²) < 4.78 is 1.88. The lowest BCUT2D eigenvalue weighted by molar-refractivity contribution is -0.124. The lowest BCUT2D eigenvalue weighted by Crippen LogP contribution is -2.51. The van der Waals surface area contributed by atoms with Crippen molar-refractivity contribution in [2.45, 2.75) is 69.6 Å². The largest absolute Gasteiger partial charge is 0.352 e. The Kier molecular flexibility index (Phi) is 5.31. The molecule has 0 radical (unpaired) electrons. The van der Waals surface area contributed by atoms with Crippen LogP contribution < -0.4 is 5.32 Å². The molecule has 7 nitrogen and oxygen atoms in total. The fourth-order valence-electron chi connectivity index (χ4n) is 4.32. The van der Waals surface area contributed by atoms with E-state index in [1.54, 1.807) is 12.7 Å². The monoisotopic (exact) mass is 346 g/mol. The lowest BCUT2D eigenvalue weighted by atomic mass is 10.0. The van der Waals surface area contributed by atoms with E-state index in [9.17, 15) is 4.79 Å². The standard InChI is InChI=1S/C18H30N6O/c25-18(21-15-6-9-22(10-7-15)16-4-5-16)12-23-8-2-1-3-17(23)11-24-14-19-13-20-24/h13-17H,1-12H2,(H,21,25)/t17-/m0/s1. The molecule has 2 aliphatic heterocycles. The van der Waals surface area contributed by atoms with Gasteiger partial charge in [0.15, 0.2) is 0 Å². The normalized spacial score (nSPS) is 26.6. The number of hydrogen-bond acceptors (Lipinski definition) is 5. The van der Waals surface area contributed by atoms with Crippen LogP contribution in [-0.2, 0) is 11.3 Å². The van der Waals surface area contributed by atoms with Gasteiger partial charge in [0.1, 0.15) is 12.7 Å². The Morgan fingerprint density at radius 1 is 1.08 bits per heavy atom. The van der Waals surface area contributed by atoms with Crippen LogP contribution in [0, 0.1) is 0 Å². The summed E-state index contributed by atoms with van der Waals surface area (Å²) in [5.41, 5.74) is 0. The van der Waals surface area contributed by atoms with Crippen LogP contribution in [0.15, 0.2) is 12.7 Å². The fourth-order valence-corrected chi connectivity index (χ4v) is 4.32. The summed E-state index contributed by atoms with van der Waals surface area (Å²) in [6.07, 6.45) is 11.8. The van der Waals surface area contributed by atoms with Crippen LogP contribution in [0.3, 0.4) is 0 Å². The highest BCUT2D eigenvalue weighted by molar-refractivity contribution is 5.78. The van der Waals surface area contributed by atoms with E-state index in [2.05, 4.69) is 25.2 Å². The summed E-state index contributed by atoms with van der Waals surface area (Å²) in [6, 6.07) is 1.60. The van der Waals surface area contributed by atoms with Gasteiger partial charge in [0.25, 0.3) is 0 Å². The van der Waals surface area contributed by atoms with Gasteiger partial charge in [-0.05, 0) is 45.1 Å². The van der Waals surface area contributed by atoms with Gasteiger partial charge in [0.05, 0.1) is 13.1 Å². The van der Waals surface area contributed by atoms with Crippen LogP contribution in [0.25, 0.3) is 0 Å². The first-order valence-electron chi connectivity index (χ1n) is 9.88. The maximum atomic E-state index is 12.6. The topological polar surface area (TPSA) is 66.3 Å². The first-order valence-corrected chi connectivity index (χ1v) is 9.88. The second-order valence-electron chi connectivity index (χ2n) is 7.85. The third-order valence-electron chi connectivity index (χ3n) is 5.92. The molecule has 3 fully saturated rings. The lowest BCUT2D eigenvalue weighted by Gasteiger charge is -2.36. The van der Waals surface area contributed by atoms with Crippen molar-refractivity contribution in [1.82, 2.24) is 29.9 Å². The second-order valence-corrected chi connectivity index (χ2v) is 7.85. The molecule has 1 atom stereocenters. The van der Waals surface area contributed by atoms with Gasteiger partial charge < -0.3 is 10.2 Å². The Hall–Kier alpha value is -1.47. The van der Waals surface area contributed by atoms with E-state index < -0.39 is 0 Å². The summed E-state index contributed by atoms with van der Waals surface area (Å²) in [6.45, 7) is 4.64. The Balaban J connectivity index is 1.24. The summed E-state index contributed by atoms with van der Waals surface area (Å²) >= 11 is 0. The molecule has 1 amide bonds. The number of aromatic nitrogens is 3. The number of carbonyl (C=O) groups is 1. The molecule has 138 valence electrons. The van der Waals surface area contributed by atoms with E-state index in [-0.39, 0.29) is 5.91 Å². The Morgan fingerprint density at radius 2 is 1.92 bits per heavy atom. The zero-order valence-corrected chi connectivity index (χ0v) is 15.0. The summed E-state index contributed by atoms with van der Waals surface area (Å²) in [7, 11) is 0. The number of likely N-dealkylation sites (tertiary alicyclic amines) is 2. The Labute approximate surface area is 149 Å². The number of amides is 1. The highest BCUT2D eigenvalue weighted by Gasteiger charge is 2.32. The first-order chi connectivity index (χ1) is 12.3. The fraction of sp³-hybridized carbons (Fsp3) is 0.833. The average Bonchev–Trinajstić information content (AvgIpc) is 3.34. The van der Waals surface area contributed by atoms with Crippen LogP contribution in [0.5, 0.6) is 0 Å². The number of nitrogens with one attached hydrogen (secondary N) is 1. The van der Waals surface area contributed by atoms with E-state index in [0.717, 1.165) is 51.5 Å². The second kappa shape index (κ2) is 7.83. The SMILES string of the molecule is O=C(CN1CCCC[C@H]1Cn1cncn1)NC1CCN(C2CC2)CC1. The molecule has 0 spiro atoms. The third kappa shape index (κ3) is 4.58. The van der Waals surface area contributed by atoms with Gasteiger partial charge in [-0.1, -0.05) is 6.42 Å². The van der Waals surface area contributed by atoms with Crippen molar-refractivity contribution in [2.24, 2.45) is 0 Å². The maximum absolute atomic E-state index is 12.6. The Bertz CT molecular complexity index is 550. The minimum absolute atomic E-state index is 0.190. The van der Waals surface area contributed by atoms with E-state index in [0.29, 0.717) is 18.6 Å². The molecule has 3 heterocycles. The molecule has 1 N–H and O–H groups in total. The van der Waals surface area contributed by atoms with Gasteiger partial charge in [-0.3, -0.25) is 14.4 Å². The van der Waals surface area contributed by atoms with Gasteiger partial charge in [0.2, 0.25) is 5.91 Å². The molecule has 1 aromatic heterocycles. The van der Waals surface area contributed by atoms with Crippen LogP contribution >= 0.6 is 0 Å². The number of hydrogen-bond donors (Lipinski definition) is 1. The highest BCUT2D eigenvalue weighted by atomic mass is 16.2. The van der Waals surface area contributed by atoms with Crippen molar-refractivity contribution < 1.29 is 4.79 Å². The molecule has 2 saturated heterocycles. The third-order valence-corrected chi connectivity index (χ3v) is 5.92. The van der Waals surface area contributed by atoms with Gasteiger partial charge >= 0.3 is 0 Å². The predicted molar refractivity (Wildman–Crippen MR) is 95.0 cm³/mol. The molecule has 1 saturated carbocycles. The molecule has 3 aliphatic rings. The molecule has 0 unspecified atom stereocenters. The number of nitrogens with zero attached hydrogens (tertiary/aromatic N) is 5. The molecule has 1 aliphatic carbocycles.